The van der Waals surface area contributed by atoms with Crippen molar-refractivity contribution in [2.75, 3.05) is 52.4 Å². The second kappa shape index (κ2) is 32.3. The Morgan fingerprint density at radius 1 is 0.918 bits per heavy atom. The number of benzene rings is 3. The van der Waals surface area contributed by atoms with E-state index in [1.165, 1.54) is 62.6 Å². The average Bonchev–Trinajstić information content (AvgIpc) is 1.61. The molecule has 10 N–H and O–H groups in total. The van der Waals surface area contributed by atoms with Gasteiger partial charge in [0.05, 0.1) is 28.6 Å². The number of aromatic hydroxyl groups is 2. The van der Waals surface area contributed by atoms with Crippen molar-refractivity contribution >= 4 is 87.9 Å². The zero-order valence-corrected chi connectivity index (χ0v) is 52.2. The van der Waals surface area contributed by atoms with Gasteiger partial charge in [0.25, 0.3) is 0 Å². The fourth-order valence-corrected chi connectivity index (χ4v) is 14.1. The Bertz CT molecular complexity index is 3130. The van der Waals surface area contributed by atoms with E-state index in [0.29, 0.717) is 35.1 Å². The summed E-state index contributed by atoms with van der Waals surface area (Å²) in [6.07, 6.45) is 0.843. The van der Waals surface area contributed by atoms with E-state index in [4.69, 9.17) is 61.0 Å². The highest BCUT2D eigenvalue weighted by atomic mass is 33.1. The molecular weight excluding hydrogens is 1200 g/mol. The molecule has 6 aliphatic rings. The number of hydrogen-bond acceptors (Lipinski definition) is 24. The predicted molar refractivity (Wildman–Crippen MR) is 328 cm³/mol. The lowest BCUT2D eigenvalue weighted by Gasteiger charge is -2.62. The summed E-state index contributed by atoms with van der Waals surface area (Å²) in [5.74, 6) is 1.72. The molecule has 1 spiro atoms. The lowest BCUT2D eigenvalue weighted by molar-refractivity contribution is -0.277. The van der Waals surface area contributed by atoms with Gasteiger partial charge in [0.1, 0.15) is 56.4 Å². The van der Waals surface area contributed by atoms with Crippen molar-refractivity contribution in [2.45, 2.75) is 140 Å². The van der Waals surface area contributed by atoms with Gasteiger partial charge in [-0.3, -0.25) is 19.3 Å². The second-order valence-electron chi connectivity index (χ2n) is 20.6. The molecule has 28 heteroatoms. The fraction of sp³-hybridized carbons (Fsp3) is 0.544. The lowest BCUT2D eigenvalue weighted by atomic mass is 9.49. The van der Waals surface area contributed by atoms with Gasteiger partial charge in [-0.25, -0.2) is 0 Å². The van der Waals surface area contributed by atoms with E-state index in [9.17, 15) is 50.1 Å². The number of fused-ring (bicyclic) bond motifs is 1. The number of ether oxygens (including phenoxy) is 3. The second-order valence-corrected chi connectivity index (χ2v) is 24.4. The topological polar surface area (TPSA) is 356 Å². The Labute approximate surface area is 513 Å². The first-order valence-electron chi connectivity index (χ1n) is 27.8. The third-order valence-corrected chi connectivity index (χ3v) is 19.2. The monoisotopic (exact) mass is 1280 g/mol. The lowest BCUT2D eigenvalue weighted by Crippen LogP contribution is -2.76. The summed E-state index contributed by atoms with van der Waals surface area (Å²) < 4.78 is 49.6. The number of phenols is 2. The first-order chi connectivity index (χ1) is 40.4. The van der Waals surface area contributed by atoms with Crippen molar-refractivity contribution in [1.29, 1.82) is 5.26 Å². The van der Waals surface area contributed by atoms with Crippen LogP contribution in [0.3, 0.4) is 0 Å². The van der Waals surface area contributed by atoms with E-state index in [2.05, 4.69) is 53.4 Å². The molecule has 10 rings (SSSR count). The average molecular weight is 1280 g/mol. The number of aliphatic hydroxyl groups is 5. The molecule has 23 nitrogen and oxygen atoms in total. The maximum Gasteiger partial charge on any atom is 0.425 e. The molecule has 3 aliphatic carbocycles. The smallest absolute Gasteiger partial charge is 0.425 e. The van der Waals surface area contributed by atoms with Gasteiger partial charge in [-0.15, -0.1) is 12.6 Å². The van der Waals surface area contributed by atoms with Crippen LogP contribution in [0.2, 0.25) is 0 Å². The van der Waals surface area contributed by atoms with E-state index in [-0.39, 0.29) is 46.0 Å². The Morgan fingerprint density at radius 3 is 2.05 bits per heavy atom. The number of carbonyl (C=O) groups excluding carboxylic acids is 2. The molecule has 4 fully saturated rings. The number of piperidine rings is 1. The van der Waals surface area contributed by atoms with Crippen molar-refractivity contribution in [1.82, 2.24) is 20.0 Å². The molecule has 4 aromatic rings. The molecule has 466 valence electrons. The highest BCUT2D eigenvalue weighted by Crippen LogP contribution is 2.65. The fourth-order valence-electron chi connectivity index (χ4n) is 11.0. The molecule has 0 radical (unpaired) electrons. The highest BCUT2D eigenvalue weighted by Gasteiger charge is 2.73. The number of nitriles is 1. The molecule has 2 unspecified atom stereocenters. The molecule has 9 atom stereocenters. The molecule has 2 bridgehead atoms. The Kier molecular flexibility index (Phi) is 26.7. The molecule has 3 aliphatic heterocycles. The number of nitrogens with zero attached hydrogens (tertiary/aromatic N) is 4. The van der Waals surface area contributed by atoms with Crippen LogP contribution in [0.25, 0.3) is 22.1 Å². The number of likely N-dealkylation sites (tertiary alicyclic amines) is 1. The van der Waals surface area contributed by atoms with Crippen LogP contribution in [0, 0.1) is 17.4 Å². The van der Waals surface area contributed by atoms with Gasteiger partial charge in [-0.05, 0) is 142 Å². The zero-order valence-electron chi connectivity index (χ0n) is 48.1. The van der Waals surface area contributed by atoms with E-state index in [0.717, 1.165) is 90.8 Å². The van der Waals surface area contributed by atoms with Crippen LogP contribution in [0.1, 0.15) is 91.2 Å². The molecule has 2 saturated heterocycles. The predicted octanol–water partition coefficient (Wildman–Crippen LogP) is 4.45. The third-order valence-electron chi connectivity index (χ3n) is 15.4. The quantitative estimate of drug-likeness (QED) is 0.0409. The van der Waals surface area contributed by atoms with E-state index in [1.54, 1.807) is 39.8 Å². The SMILES string of the molecule is CCCNC(C)=O.CCN(CC)C(=S)SSC(=S)N(CC)CC.N#CN.O=C1CC[C@@]2(O)[C@H]3Cc4ccc(O)c5c4[C@@]2(CCN3CC2CC2)[C@H]1O5.O=S(=O)=O.O=c1c(-c2ccc(O)cc2)coc2cc(O[C@@H]3OC(CO)[C@@H](O)[C@H](O)C3O)ccc12. The minimum absolute atomic E-state index is 0.0454. The summed E-state index contributed by atoms with van der Waals surface area (Å²) in [5.41, 5.74) is 5.47. The number of hydrogen-bond donors (Lipinski definition) is 9. The summed E-state index contributed by atoms with van der Waals surface area (Å²) in [6, 6.07) is 14.2. The van der Waals surface area contributed by atoms with Crippen LogP contribution in [0.4, 0.5) is 0 Å². The Balaban J connectivity index is 0.000000216. The molecule has 85 heavy (non-hydrogen) atoms. The molecule has 4 heterocycles. The minimum atomic E-state index is -3.11. The standard InChI is InChI=1S/C21H20O9.C20H23NO4.C10H20N2S4.C5H11NO.CH2N2.O3S/c22-8-16-18(25)19(26)20(27)21(30-16)29-12-5-6-13-15(7-12)28-9-14(17(13)24)10-1-3-11(23)4-2-10;22-13-4-3-12-9-15-20(24)6-5-14(23)18-19(20,16(12)17(13)25-18)7-8-21(15)10-11-1-2-11;1-5-11(6-2)9(13)15-16-10(14)12(7-3)8-4;1-3-4-6-5(2)7;2-1-3;1-4(2)3/h1-7,9,16,18-23,25-27H,8H2;3-4,11,15,18,22,24H,1-2,5-10H2;5-8H2,1-4H3;3-4H2,1-2H3,(H,6,7);2H2;/t16?,18-,19+,20?,21-;15-,18+,19+,20-;;;;/m11..../s1. The van der Waals surface area contributed by atoms with Gasteiger partial charge in [0.15, 0.2) is 35.0 Å². The number of ketones is 1. The maximum absolute atomic E-state index is 12.8. The summed E-state index contributed by atoms with van der Waals surface area (Å²) >= 11 is 10.7. The van der Waals surface area contributed by atoms with Crippen molar-refractivity contribution in [3.05, 3.63) is 82.2 Å². The van der Waals surface area contributed by atoms with Crippen molar-refractivity contribution in [2.24, 2.45) is 11.7 Å². The van der Waals surface area contributed by atoms with E-state index >= 15 is 0 Å². The number of phenolic OH excluding ortho intramolecular Hbond substituents is 2. The Morgan fingerprint density at radius 2 is 1.52 bits per heavy atom. The number of aliphatic hydroxyl groups excluding tert-OH is 4. The van der Waals surface area contributed by atoms with E-state index in [1.807, 2.05) is 13.0 Å². The molecule has 2 saturated carbocycles. The van der Waals surface area contributed by atoms with Gasteiger partial charge in [0.2, 0.25) is 12.2 Å². The molecular formula is C57H76N6O17S5. The first kappa shape index (κ1) is 70.1. The van der Waals surface area contributed by atoms with Gasteiger partial charge < -0.3 is 75.2 Å². The van der Waals surface area contributed by atoms with Crippen molar-refractivity contribution in [3.8, 4) is 40.3 Å². The van der Waals surface area contributed by atoms with Crippen molar-refractivity contribution < 1.29 is 76.6 Å². The van der Waals surface area contributed by atoms with Gasteiger partial charge in [-0.1, -0.05) is 49.6 Å². The highest BCUT2D eigenvalue weighted by molar-refractivity contribution is 8.89. The van der Waals surface area contributed by atoms with Gasteiger partial charge >= 0.3 is 10.6 Å². The number of rotatable bonds is 12. The van der Waals surface area contributed by atoms with Crippen LogP contribution in [0.5, 0.6) is 23.0 Å². The van der Waals surface area contributed by atoms with Gasteiger partial charge in [0, 0.05) is 70.3 Å². The van der Waals surface area contributed by atoms with Crippen LogP contribution < -0.4 is 26.0 Å². The zero-order chi connectivity index (χ0) is 62.9. The van der Waals surface area contributed by atoms with Crippen LogP contribution >= 0.6 is 46.0 Å². The number of thiocarbonyl (C=S) groups is 2. The Hall–Kier alpha value is -5.68. The van der Waals surface area contributed by atoms with Crippen molar-refractivity contribution in [3.63, 3.8) is 0 Å². The number of carbonyl (C=O) groups is 2. The van der Waals surface area contributed by atoms with Crippen LogP contribution in [0.15, 0.2) is 70.1 Å². The van der Waals surface area contributed by atoms with E-state index < -0.39 is 65.0 Å². The van der Waals surface area contributed by atoms with Crippen LogP contribution in [-0.2, 0) is 36.8 Å². The summed E-state index contributed by atoms with van der Waals surface area (Å²) in [5, 5.41) is 80.8. The summed E-state index contributed by atoms with van der Waals surface area (Å²) in [7, 11) is 0.0730. The number of Topliss-reactive ketones (excluding diaryl/α,β-unsaturated/α-hetero) is 1. The number of nitrogens with two attached hydrogens (primary N) is 1. The molecule has 1 amide bonds. The largest absolute Gasteiger partial charge is 0.508 e. The van der Waals surface area contributed by atoms with Crippen LogP contribution in [-0.4, -0.2) is 184 Å². The summed E-state index contributed by atoms with van der Waals surface area (Å²) in [6.45, 7) is 18.0. The molecule has 3 aromatic carbocycles. The third kappa shape index (κ3) is 16.9. The summed E-state index contributed by atoms with van der Waals surface area (Å²) in [4.78, 5) is 42.4. The molecule has 1 aromatic heterocycles. The maximum atomic E-state index is 12.8. The minimum Gasteiger partial charge on any atom is -0.508 e. The number of nitrogens with one attached hydrogen (secondary N) is 1. The first-order valence-corrected chi connectivity index (χ1v) is 31.8. The number of amides is 1. The normalized spacial score (nSPS) is 24.5. The van der Waals surface area contributed by atoms with Gasteiger partial charge in [-0.2, -0.15) is 5.26 Å².